The molecule has 0 aliphatic rings. The Balaban J connectivity index is 0.000000179. The Morgan fingerprint density at radius 2 is 0.864 bits per heavy atom. The van der Waals surface area contributed by atoms with Gasteiger partial charge in [-0.25, -0.2) is 0 Å². The van der Waals surface area contributed by atoms with Gasteiger partial charge in [0.1, 0.15) is 0 Å². The van der Waals surface area contributed by atoms with Crippen molar-refractivity contribution in [2.24, 2.45) is 0 Å². The summed E-state index contributed by atoms with van der Waals surface area (Å²) in [4.78, 5) is 0. The number of rotatable bonds is 2. The Morgan fingerprint density at radius 1 is 0.545 bits per heavy atom. The van der Waals surface area contributed by atoms with Gasteiger partial charge < -0.3 is 0 Å². The molecule has 0 saturated heterocycles. The molecule has 228 valence electrons. The van der Waals surface area contributed by atoms with Crippen LogP contribution in [0.15, 0.2) is 109 Å². The SMILES string of the molecule is Cc1cc2c(-c3ccc(C(C)(C)C)cc3)cccc2[cH-]1.Cc1cc2c(-c3ccc(C(C)(C)C)cc3)cccc2[cH-]1.[CH2]=[Zr]([Cl])[Cl]. The molecule has 6 aromatic rings. The standard InChI is InChI=1S/2C20H21.CH2.2ClH.Zr/c2*1-14-12-16-6-5-7-18(19(16)13-14)15-8-10-17(11-9-15)20(2,3)4;;;;/h2*5-13H,1-4H3;1H2;2*1H;/q2*-1;;;;+2/p-2. The first kappa shape index (κ1) is 34.3. The molecule has 0 atom stereocenters. The molecule has 0 nitrogen and oxygen atoms in total. The van der Waals surface area contributed by atoms with E-state index in [9.17, 15) is 0 Å². The van der Waals surface area contributed by atoms with Crippen molar-refractivity contribution in [3.63, 3.8) is 0 Å². The van der Waals surface area contributed by atoms with Crippen molar-refractivity contribution < 1.29 is 18.9 Å². The topological polar surface area (TPSA) is 0 Å². The third kappa shape index (κ3) is 8.78. The zero-order chi connectivity index (χ0) is 32.2. The van der Waals surface area contributed by atoms with Crippen LogP contribution < -0.4 is 0 Å². The predicted molar refractivity (Wildman–Crippen MR) is 196 cm³/mol. The van der Waals surface area contributed by atoms with Gasteiger partial charge in [0, 0.05) is 0 Å². The Morgan fingerprint density at radius 3 is 1.16 bits per heavy atom. The van der Waals surface area contributed by atoms with Crippen LogP contribution in [0.4, 0.5) is 0 Å². The van der Waals surface area contributed by atoms with Crippen LogP contribution in [0.1, 0.15) is 63.8 Å². The van der Waals surface area contributed by atoms with E-state index in [4.69, 9.17) is 17.0 Å². The third-order valence-electron chi connectivity index (χ3n) is 7.91. The van der Waals surface area contributed by atoms with Crippen LogP contribution >= 0.6 is 17.0 Å². The van der Waals surface area contributed by atoms with Crippen molar-refractivity contribution in [1.29, 1.82) is 0 Å². The molecule has 0 N–H and O–H groups in total. The first-order valence-corrected chi connectivity index (χ1v) is 23.2. The van der Waals surface area contributed by atoms with Crippen molar-refractivity contribution in [2.75, 3.05) is 0 Å². The molecule has 0 bridgehead atoms. The molecule has 0 spiro atoms. The van der Waals surface area contributed by atoms with Crippen molar-refractivity contribution >= 4 is 42.8 Å². The summed E-state index contributed by atoms with van der Waals surface area (Å²) >= 11 is -1.85. The third-order valence-corrected chi connectivity index (χ3v) is 7.91. The number of hydrogen-bond donors (Lipinski definition) is 0. The zero-order valence-electron chi connectivity index (χ0n) is 27.4. The second-order valence-electron chi connectivity index (χ2n) is 13.7. The van der Waals surface area contributed by atoms with E-state index in [1.165, 1.54) is 66.1 Å². The van der Waals surface area contributed by atoms with Crippen LogP contribution in [0.2, 0.25) is 0 Å². The molecule has 0 heterocycles. The van der Waals surface area contributed by atoms with Gasteiger partial charge in [0.25, 0.3) is 0 Å². The van der Waals surface area contributed by atoms with Gasteiger partial charge in [-0.2, -0.15) is 12.1 Å². The fourth-order valence-electron chi connectivity index (χ4n) is 5.57. The Bertz CT molecular complexity index is 1710. The van der Waals surface area contributed by atoms with Crippen LogP contribution in [0.3, 0.4) is 0 Å². The Kier molecular flexibility index (Phi) is 11.1. The first-order chi connectivity index (χ1) is 20.6. The van der Waals surface area contributed by atoms with E-state index < -0.39 is 18.9 Å². The molecular weight excluding hydrogens is 655 g/mol. The zero-order valence-corrected chi connectivity index (χ0v) is 31.3. The van der Waals surface area contributed by atoms with Crippen molar-refractivity contribution in [3.8, 4) is 22.3 Å². The van der Waals surface area contributed by atoms with Crippen molar-refractivity contribution in [2.45, 2.75) is 66.2 Å². The summed E-state index contributed by atoms with van der Waals surface area (Å²) < 4.78 is 3.37. The fraction of sp³-hybridized carbons (Fsp3) is 0.244. The van der Waals surface area contributed by atoms with Crippen LogP contribution in [0, 0.1) is 13.8 Å². The van der Waals surface area contributed by atoms with E-state index in [0.717, 1.165) is 0 Å². The van der Waals surface area contributed by atoms with Gasteiger partial charge in [0.05, 0.1) is 0 Å². The molecule has 6 aromatic carbocycles. The average Bonchev–Trinajstić information content (AvgIpc) is 3.53. The maximum absolute atomic E-state index is 5.13. The molecule has 0 amide bonds. The molecule has 0 radical (unpaired) electrons. The second kappa shape index (κ2) is 14.2. The van der Waals surface area contributed by atoms with E-state index in [2.05, 4.69) is 169 Å². The molecule has 0 fully saturated rings. The van der Waals surface area contributed by atoms with Gasteiger partial charge in [-0.15, -0.1) is 69.1 Å². The summed E-state index contributed by atoms with van der Waals surface area (Å²) in [6, 6.07) is 40.2. The molecule has 0 saturated carbocycles. The van der Waals surface area contributed by atoms with Crippen molar-refractivity contribution in [1.82, 2.24) is 0 Å². The predicted octanol–water partition coefficient (Wildman–Crippen LogP) is 13.0. The van der Waals surface area contributed by atoms with Gasteiger partial charge >= 0.3 is 40.1 Å². The number of benzene rings is 4. The molecule has 3 heteroatoms. The summed E-state index contributed by atoms with van der Waals surface area (Å²) in [5.74, 6) is 0. The number of aryl methyl sites for hydroxylation is 2. The minimum absolute atomic E-state index is 0.210. The van der Waals surface area contributed by atoms with E-state index >= 15 is 0 Å². The second-order valence-corrected chi connectivity index (χ2v) is 21.9. The van der Waals surface area contributed by atoms with Crippen LogP contribution in [-0.2, 0) is 29.7 Å². The molecule has 0 aliphatic heterocycles. The number of fused-ring (bicyclic) bond motifs is 2. The van der Waals surface area contributed by atoms with Crippen LogP contribution in [0.25, 0.3) is 43.8 Å². The molecule has 44 heavy (non-hydrogen) atoms. The fourth-order valence-corrected chi connectivity index (χ4v) is 5.57. The summed E-state index contributed by atoms with van der Waals surface area (Å²) in [7, 11) is 10.3. The van der Waals surface area contributed by atoms with Gasteiger partial charge in [-0.3, -0.25) is 0 Å². The van der Waals surface area contributed by atoms with Gasteiger partial charge in [-0.1, -0.05) is 127 Å². The molecule has 0 unspecified atom stereocenters. The van der Waals surface area contributed by atoms with Gasteiger partial charge in [-0.05, 0) is 33.1 Å². The quantitative estimate of drug-likeness (QED) is 0.158. The Hall–Kier alpha value is -2.57. The van der Waals surface area contributed by atoms with E-state index in [0.29, 0.717) is 0 Å². The number of halogens is 2. The molecular formula is C41H44Cl2Zr-2. The molecule has 6 rings (SSSR count). The number of hydrogen-bond acceptors (Lipinski definition) is 0. The van der Waals surface area contributed by atoms with Crippen LogP contribution in [0.5, 0.6) is 0 Å². The molecule has 0 aromatic heterocycles. The van der Waals surface area contributed by atoms with E-state index in [1.54, 1.807) is 0 Å². The summed E-state index contributed by atoms with van der Waals surface area (Å²) in [5.41, 5.74) is 11.1. The minimum atomic E-state index is -1.85. The summed E-state index contributed by atoms with van der Waals surface area (Å²) in [6.07, 6.45) is 0. The molecule has 0 aliphatic carbocycles. The summed E-state index contributed by atoms with van der Waals surface area (Å²) in [6.45, 7) is 17.8. The van der Waals surface area contributed by atoms with Crippen molar-refractivity contribution in [3.05, 3.63) is 131 Å². The van der Waals surface area contributed by atoms with Gasteiger partial charge in [0.15, 0.2) is 0 Å². The normalized spacial score (nSPS) is 11.5. The van der Waals surface area contributed by atoms with E-state index in [1.807, 2.05) is 0 Å². The van der Waals surface area contributed by atoms with Crippen LogP contribution in [-0.4, -0.2) is 4.21 Å². The monoisotopic (exact) mass is 696 g/mol. The summed E-state index contributed by atoms with van der Waals surface area (Å²) in [5, 5.41) is 5.38. The van der Waals surface area contributed by atoms with E-state index in [-0.39, 0.29) is 10.8 Å². The van der Waals surface area contributed by atoms with Gasteiger partial charge in [0.2, 0.25) is 0 Å². The first-order valence-electron chi connectivity index (χ1n) is 15.2. The maximum atomic E-state index is 5.13. The average molecular weight is 699 g/mol. The Labute approximate surface area is 279 Å².